The normalized spacial score (nSPS) is 10.7. The molecule has 0 spiro atoms. The molecule has 23 heavy (non-hydrogen) atoms. The average molecular weight is 398 g/mol. The van der Waals surface area contributed by atoms with Crippen molar-refractivity contribution in [3.8, 4) is 23.0 Å². The highest BCUT2D eigenvalue weighted by molar-refractivity contribution is 6.38. The standard InChI is InChI=1S/C15H12Cl4O4/c1-22-14-10(20)4-8(16)6(12(14)18)3-7-9(17)5-11(21)15(23-2)13(7)19/h4-5,20-21H,3H2,1-2H3. The van der Waals surface area contributed by atoms with Crippen LogP contribution in [0.5, 0.6) is 23.0 Å². The number of ether oxygens (including phenoxy) is 2. The molecular weight excluding hydrogens is 386 g/mol. The first-order valence-electron chi connectivity index (χ1n) is 6.29. The summed E-state index contributed by atoms with van der Waals surface area (Å²) in [5.41, 5.74) is 0.944. The fraction of sp³-hybridized carbons (Fsp3) is 0.200. The lowest BCUT2D eigenvalue weighted by Gasteiger charge is -2.16. The van der Waals surface area contributed by atoms with Gasteiger partial charge in [0, 0.05) is 28.6 Å². The summed E-state index contributed by atoms with van der Waals surface area (Å²) >= 11 is 24.8. The van der Waals surface area contributed by atoms with Gasteiger partial charge in [0.15, 0.2) is 23.0 Å². The Kier molecular flexibility index (Phi) is 5.63. The van der Waals surface area contributed by atoms with Crippen LogP contribution in [0, 0.1) is 0 Å². The van der Waals surface area contributed by atoms with Crippen molar-refractivity contribution in [2.45, 2.75) is 6.42 Å². The van der Waals surface area contributed by atoms with Crippen molar-refractivity contribution < 1.29 is 19.7 Å². The Balaban J connectivity index is 2.61. The van der Waals surface area contributed by atoms with Gasteiger partial charge in [0.25, 0.3) is 0 Å². The number of aromatic hydroxyl groups is 2. The van der Waals surface area contributed by atoms with Crippen LogP contribution in [0.25, 0.3) is 0 Å². The quantitative estimate of drug-likeness (QED) is 0.732. The third-order valence-electron chi connectivity index (χ3n) is 3.26. The Morgan fingerprint density at radius 2 is 1.13 bits per heavy atom. The van der Waals surface area contributed by atoms with Crippen LogP contribution in [-0.4, -0.2) is 24.4 Å². The molecule has 0 fully saturated rings. The summed E-state index contributed by atoms with van der Waals surface area (Å²) in [5, 5.41) is 20.3. The van der Waals surface area contributed by atoms with Gasteiger partial charge in [0.05, 0.1) is 24.3 Å². The van der Waals surface area contributed by atoms with Crippen LogP contribution in [-0.2, 0) is 6.42 Å². The number of hydrogen-bond acceptors (Lipinski definition) is 4. The fourth-order valence-electron chi connectivity index (χ4n) is 2.14. The van der Waals surface area contributed by atoms with E-state index < -0.39 is 0 Å². The largest absolute Gasteiger partial charge is 0.504 e. The molecule has 4 nitrogen and oxygen atoms in total. The summed E-state index contributed by atoms with van der Waals surface area (Å²) in [6.07, 6.45) is 0.155. The number of halogens is 4. The van der Waals surface area contributed by atoms with E-state index in [9.17, 15) is 10.2 Å². The zero-order chi connectivity index (χ0) is 17.3. The van der Waals surface area contributed by atoms with E-state index >= 15 is 0 Å². The lowest BCUT2D eigenvalue weighted by molar-refractivity contribution is 0.372. The van der Waals surface area contributed by atoms with E-state index in [4.69, 9.17) is 55.9 Å². The topological polar surface area (TPSA) is 58.9 Å². The fourth-order valence-corrected chi connectivity index (χ4v) is 3.45. The predicted octanol–water partition coefficient (Wildman–Crippen LogP) is 5.32. The second-order valence-electron chi connectivity index (χ2n) is 4.58. The van der Waals surface area contributed by atoms with Crippen LogP contribution in [0.1, 0.15) is 11.1 Å². The Bertz CT molecular complexity index is 699. The molecule has 0 radical (unpaired) electrons. The number of hydrogen-bond donors (Lipinski definition) is 2. The molecule has 0 bridgehead atoms. The molecule has 2 N–H and O–H groups in total. The van der Waals surface area contributed by atoms with Crippen molar-refractivity contribution in [3.05, 3.63) is 43.4 Å². The Morgan fingerprint density at radius 3 is 1.43 bits per heavy atom. The summed E-state index contributed by atoms with van der Waals surface area (Å²) in [6.45, 7) is 0. The van der Waals surface area contributed by atoms with Crippen LogP contribution in [0.3, 0.4) is 0 Å². The second kappa shape index (κ2) is 7.14. The minimum absolute atomic E-state index is 0.101. The smallest absolute Gasteiger partial charge is 0.179 e. The van der Waals surface area contributed by atoms with Crippen molar-refractivity contribution in [3.63, 3.8) is 0 Å². The highest BCUT2D eigenvalue weighted by Gasteiger charge is 2.21. The molecule has 0 atom stereocenters. The van der Waals surface area contributed by atoms with Gasteiger partial charge in [0.2, 0.25) is 0 Å². The van der Waals surface area contributed by atoms with Gasteiger partial charge in [-0.25, -0.2) is 0 Å². The van der Waals surface area contributed by atoms with Gasteiger partial charge < -0.3 is 19.7 Å². The number of phenolic OH excluding ortho intramolecular Hbond substituents is 2. The van der Waals surface area contributed by atoms with E-state index in [1.807, 2.05) is 0 Å². The van der Waals surface area contributed by atoms with Gasteiger partial charge in [0.1, 0.15) is 0 Å². The molecule has 2 rings (SSSR count). The van der Waals surface area contributed by atoms with E-state index in [0.717, 1.165) is 0 Å². The maximum atomic E-state index is 9.79. The average Bonchev–Trinajstić information content (AvgIpc) is 2.46. The van der Waals surface area contributed by atoms with Crippen LogP contribution < -0.4 is 9.47 Å². The van der Waals surface area contributed by atoms with Crippen LogP contribution in [0.15, 0.2) is 12.1 Å². The highest BCUT2D eigenvalue weighted by atomic mass is 35.5. The van der Waals surface area contributed by atoms with E-state index in [1.165, 1.54) is 26.4 Å². The Morgan fingerprint density at radius 1 is 0.783 bits per heavy atom. The molecule has 0 amide bonds. The molecule has 124 valence electrons. The molecule has 0 heterocycles. The van der Waals surface area contributed by atoms with Crippen LogP contribution in [0.4, 0.5) is 0 Å². The zero-order valence-electron chi connectivity index (χ0n) is 12.1. The van der Waals surface area contributed by atoms with Gasteiger partial charge in [-0.1, -0.05) is 46.4 Å². The second-order valence-corrected chi connectivity index (χ2v) is 6.15. The molecule has 2 aromatic carbocycles. The van der Waals surface area contributed by atoms with Crippen molar-refractivity contribution in [2.24, 2.45) is 0 Å². The van der Waals surface area contributed by atoms with E-state index in [-0.39, 0.29) is 49.5 Å². The van der Waals surface area contributed by atoms with E-state index in [0.29, 0.717) is 11.1 Å². The third kappa shape index (κ3) is 3.36. The number of phenols is 2. The SMILES string of the molecule is COc1c(O)cc(Cl)c(Cc2c(Cl)cc(O)c(OC)c2Cl)c1Cl. The predicted molar refractivity (Wildman–Crippen MR) is 92.2 cm³/mol. The van der Waals surface area contributed by atoms with Crippen molar-refractivity contribution in [1.29, 1.82) is 0 Å². The summed E-state index contributed by atoms with van der Waals surface area (Å²) in [5.74, 6) is -0.147. The van der Waals surface area contributed by atoms with Gasteiger partial charge >= 0.3 is 0 Å². The molecule has 0 unspecified atom stereocenters. The number of benzene rings is 2. The summed E-state index contributed by atoms with van der Waals surface area (Å²) < 4.78 is 10.1. The molecule has 0 aromatic heterocycles. The Hall–Kier alpha value is -1.20. The van der Waals surface area contributed by atoms with E-state index in [1.54, 1.807) is 0 Å². The minimum Gasteiger partial charge on any atom is -0.504 e. The molecule has 8 heteroatoms. The first-order chi connectivity index (χ1) is 10.8. The zero-order valence-corrected chi connectivity index (χ0v) is 15.1. The van der Waals surface area contributed by atoms with Gasteiger partial charge in [-0.05, 0) is 11.1 Å². The molecule has 2 aromatic rings. The van der Waals surface area contributed by atoms with Gasteiger partial charge in [-0.15, -0.1) is 0 Å². The first kappa shape index (κ1) is 18.1. The van der Waals surface area contributed by atoms with Crippen molar-refractivity contribution >= 4 is 46.4 Å². The highest BCUT2D eigenvalue weighted by Crippen LogP contribution is 2.46. The summed E-state index contributed by atoms with van der Waals surface area (Å²) in [7, 11) is 2.75. The molecule has 0 aliphatic heterocycles. The monoisotopic (exact) mass is 396 g/mol. The number of rotatable bonds is 4. The first-order valence-corrected chi connectivity index (χ1v) is 7.80. The summed E-state index contributed by atoms with van der Waals surface area (Å²) in [6, 6.07) is 2.64. The molecular formula is C15H12Cl4O4. The molecule has 0 saturated carbocycles. The lowest BCUT2D eigenvalue weighted by Crippen LogP contribution is -1.98. The van der Waals surface area contributed by atoms with Crippen molar-refractivity contribution in [2.75, 3.05) is 14.2 Å². The van der Waals surface area contributed by atoms with E-state index in [2.05, 4.69) is 0 Å². The minimum atomic E-state index is -0.174. The maximum absolute atomic E-state index is 9.79. The Labute approximate surface area is 153 Å². The van der Waals surface area contributed by atoms with Crippen molar-refractivity contribution in [1.82, 2.24) is 0 Å². The van der Waals surface area contributed by atoms with Gasteiger partial charge in [-0.3, -0.25) is 0 Å². The summed E-state index contributed by atoms with van der Waals surface area (Å²) in [4.78, 5) is 0. The molecule has 0 aliphatic rings. The molecule has 0 saturated heterocycles. The van der Waals surface area contributed by atoms with Crippen LogP contribution >= 0.6 is 46.4 Å². The third-order valence-corrected chi connectivity index (χ3v) is 4.73. The number of methoxy groups -OCH3 is 2. The molecule has 0 aliphatic carbocycles. The lowest BCUT2D eigenvalue weighted by atomic mass is 10.0. The maximum Gasteiger partial charge on any atom is 0.179 e. The van der Waals surface area contributed by atoms with Crippen LogP contribution in [0.2, 0.25) is 20.1 Å². The van der Waals surface area contributed by atoms with Gasteiger partial charge in [-0.2, -0.15) is 0 Å².